The van der Waals surface area contributed by atoms with Crippen molar-refractivity contribution in [1.29, 1.82) is 0 Å². The van der Waals surface area contributed by atoms with Gasteiger partial charge in [-0.1, -0.05) is 0 Å². The molecule has 15 heavy (non-hydrogen) atoms. The van der Waals surface area contributed by atoms with Crippen LogP contribution in [0.2, 0.25) is 0 Å². The van der Waals surface area contributed by atoms with E-state index in [0.717, 1.165) is 4.68 Å². The maximum atomic E-state index is 11.4. The molecule has 6 nitrogen and oxygen atoms in total. The fourth-order valence-electron chi connectivity index (χ4n) is 1.13. The predicted octanol–water partition coefficient (Wildman–Crippen LogP) is -4.00. The Kier molecular flexibility index (Phi) is 3.70. The SMILES string of the molecule is C#Cc1nc(N)c2nn(C)c([O-])c2n1.[K+]. The number of hydrogen-bond acceptors (Lipinski definition) is 5. The molecule has 0 amide bonds. The van der Waals surface area contributed by atoms with Gasteiger partial charge in [0.15, 0.2) is 11.3 Å². The van der Waals surface area contributed by atoms with Crippen LogP contribution < -0.4 is 62.2 Å². The Morgan fingerprint density at radius 3 is 2.67 bits per heavy atom. The van der Waals surface area contributed by atoms with Crippen LogP contribution in [0.25, 0.3) is 11.0 Å². The molecule has 2 heterocycles. The number of aromatic nitrogens is 4. The van der Waals surface area contributed by atoms with Gasteiger partial charge in [-0.2, -0.15) is 5.10 Å². The van der Waals surface area contributed by atoms with Gasteiger partial charge in [0, 0.05) is 12.9 Å². The number of fused-ring (bicyclic) bond motifs is 1. The van der Waals surface area contributed by atoms with Gasteiger partial charge in [-0.15, -0.1) is 6.42 Å². The number of terminal acetylenes is 1. The number of hydrogen-bond donors (Lipinski definition) is 1. The first kappa shape index (κ1) is 12.4. The smallest absolute Gasteiger partial charge is 0.857 e. The largest absolute Gasteiger partial charge is 1.00 e. The van der Waals surface area contributed by atoms with E-state index in [1.54, 1.807) is 0 Å². The maximum absolute atomic E-state index is 11.4. The third-order valence-electron chi connectivity index (χ3n) is 1.79. The first-order valence-electron chi connectivity index (χ1n) is 3.77. The summed E-state index contributed by atoms with van der Waals surface area (Å²) in [6, 6.07) is 0. The molecule has 0 aliphatic carbocycles. The van der Waals surface area contributed by atoms with Gasteiger partial charge in [0.05, 0.1) is 0 Å². The first-order valence-corrected chi connectivity index (χ1v) is 3.77. The Balaban J connectivity index is 0.00000112. The van der Waals surface area contributed by atoms with Crippen molar-refractivity contribution < 1.29 is 56.5 Å². The van der Waals surface area contributed by atoms with E-state index in [9.17, 15) is 5.11 Å². The predicted molar refractivity (Wildman–Crippen MR) is 48.1 cm³/mol. The molecule has 2 rings (SSSR count). The van der Waals surface area contributed by atoms with E-state index >= 15 is 0 Å². The second-order valence-corrected chi connectivity index (χ2v) is 2.70. The van der Waals surface area contributed by atoms with Crippen molar-refractivity contribution in [3.8, 4) is 18.2 Å². The molecule has 0 saturated carbocycles. The van der Waals surface area contributed by atoms with Gasteiger partial charge in [-0.05, 0) is 5.92 Å². The van der Waals surface area contributed by atoms with Crippen LogP contribution in [0.1, 0.15) is 5.82 Å². The number of nitrogens with zero attached hydrogens (tertiary/aromatic N) is 4. The molecule has 0 bridgehead atoms. The second kappa shape index (κ2) is 4.46. The summed E-state index contributed by atoms with van der Waals surface area (Å²) in [5.74, 6) is 2.11. The van der Waals surface area contributed by atoms with Crippen molar-refractivity contribution in [1.82, 2.24) is 19.7 Å². The molecule has 0 aliphatic rings. The average molecular weight is 227 g/mol. The molecular formula is C8H6KN5O. The van der Waals surface area contributed by atoms with Crippen molar-refractivity contribution in [3.05, 3.63) is 5.82 Å². The molecular weight excluding hydrogens is 221 g/mol. The van der Waals surface area contributed by atoms with Gasteiger partial charge in [0.1, 0.15) is 5.52 Å². The average Bonchev–Trinajstić information content (AvgIpc) is 2.45. The Labute approximate surface area is 128 Å². The first-order chi connectivity index (χ1) is 6.63. The van der Waals surface area contributed by atoms with Crippen molar-refractivity contribution in [2.75, 3.05) is 5.73 Å². The number of nitrogen functional groups attached to an aromatic ring is 1. The van der Waals surface area contributed by atoms with Gasteiger partial charge in [-0.3, -0.25) is 4.68 Å². The zero-order valence-corrected chi connectivity index (χ0v) is 11.5. The summed E-state index contributed by atoms with van der Waals surface area (Å²) in [6.45, 7) is 0. The molecule has 0 radical (unpaired) electrons. The van der Waals surface area contributed by atoms with E-state index in [0.29, 0.717) is 0 Å². The van der Waals surface area contributed by atoms with Gasteiger partial charge in [0.2, 0.25) is 5.82 Å². The van der Waals surface area contributed by atoms with Crippen LogP contribution >= 0.6 is 0 Å². The summed E-state index contributed by atoms with van der Waals surface area (Å²) in [6.07, 6.45) is 5.11. The van der Waals surface area contributed by atoms with Crippen molar-refractivity contribution >= 4 is 16.9 Å². The zero-order valence-electron chi connectivity index (χ0n) is 8.35. The Bertz CT molecular complexity index is 556. The zero-order chi connectivity index (χ0) is 10.3. The summed E-state index contributed by atoms with van der Waals surface area (Å²) in [5.41, 5.74) is 6.00. The fourth-order valence-corrected chi connectivity index (χ4v) is 1.13. The maximum Gasteiger partial charge on any atom is 1.00 e. The number of aryl methyl sites for hydroxylation is 1. The number of nitrogens with two attached hydrogens (primary N) is 1. The van der Waals surface area contributed by atoms with E-state index in [1.807, 2.05) is 0 Å². The van der Waals surface area contributed by atoms with Crippen LogP contribution in [0.15, 0.2) is 0 Å². The van der Waals surface area contributed by atoms with Gasteiger partial charge in [-0.25, -0.2) is 9.97 Å². The summed E-state index contributed by atoms with van der Waals surface area (Å²) in [7, 11) is 1.51. The van der Waals surface area contributed by atoms with Crippen LogP contribution in [0.5, 0.6) is 5.88 Å². The van der Waals surface area contributed by atoms with Gasteiger partial charge >= 0.3 is 51.4 Å². The normalized spacial score (nSPS) is 9.60. The standard InChI is InChI=1S/C8H7N5O.K/c1-3-4-10-6-5(7(9)11-4)12-13(2)8(6)14;/h1,14H,2H3,(H2,9,10,11);/q;+1/p-1. The molecule has 0 spiro atoms. The molecule has 0 unspecified atom stereocenters. The molecule has 0 aromatic carbocycles. The molecule has 0 aliphatic heterocycles. The van der Waals surface area contributed by atoms with E-state index in [2.05, 4.69) is 21.0 Å². The quantitative estimate of drug-likeness (QED) is 0.366. The van der Waals surface area contributed by atoms with Crippen LogP contribution in [0.3, 0.4) is 0 Å². The monoisotopic (exact) mass is 227 g/mol. The molecule has 2 N–H and O–H groups in total. The third kappa shape index (κ3) is 2.00. The van der Waals surface area contributed by atoms with Crippen molar-refractivity contribution in [3.63, 3.8) is 0 Å². The molecule has 7 heteroatoms. The fraction of sp³-hybridized carbons (Fsp3) is 0.125. The van der Waals surface area contributed by atoms with Gasteiger partial charge in [0.25, 0.3) is 0 Å². The van der Waals surface area contributed by atoms with Gasteiger partial charge < -0.3 is 10.8 Å². The number of anilines is 1. The second-order valence-electron chi connectivity index (χ2n) is 2.70. The summed E-state index contributed by atoms with van der Waals surface area (Å²) < 4.78 is 1.15. The Morgan fingerprint density at radius 1 is 1.40 bits per heavy atom. The van der Waals surface area contributed by atoms with E-state index in [1.165, 1.54) is 7.05 Å². The van der Waals surface area contributed by atoms with Crippen LogP contribution in [-0.2, 0) is 7.05 Å². The minimum Gasteiger partial charge on any atom is -0.857 e. The molecule has 0 fully saturated rings. The van der Waals surface area contributed by atoms with Crippen molar-refractivity contribution in [2.45, 2.75) is 0 Å². The minimum absolute atomic E-state index is 0. The van der Waals surface area contributed by atoms with Crippen molar-refractivity contribution in [2.24, 2.45) is 7.05 Å². The minimum atomic E-state index is -0.328. The Hall–Kier alpha value is -0.654. The van der Waals surface area contributed by atoms with Crippen LogP contribution in [0.4, 0.5) is 5.82 Å². The summed E-state index contributed by atoms with van der Waals surface area (Å²) in [4.78, 5) is 7.64. The topological polar surface area (TPSA) is 92.7 Å². The molecule has 2 aromatic heterocycles. The molecule has 0 atom stereocenters. The number of rotatable bonds is 0. The molecule has 70 valence electrons. The third-order valence-corrected chi connectivity index (χ3v) is 1.79. The van der Waals surface area contributed by atoms with E-state index in [4.69, 9.17) is 12.2 Å². The van der Waals surface area contributed by atoms with E-state index in [-0.39, 0.29) is 79.9 Å². The van der Waals surface area contributed by atoms with Crippen LogP contribution in [-0.4, -0.2) is 19.7 Å². The van der Waals surface area contributed by atoms with Crippen LogP contribution in [0, 0.1) is 12.3 Å². The Morgan fingerprint density at radius 2 is 2.07 bits per heavy atom. The molecule has 0 saturated heterocycles. The summed E-state index contributed by atoms with van der Waals surface area (Å²) >= 11 is 0. The molecule has 2 aromatic rings. The summed E-state index contributed by atoms with van der Waals surface area (Å²) in [5, 5.41) is 15.3. The van der Waals surface area contributed by atoms with E-state index < -0.39 is 0 Å².